The molecule has 0 unspecified atom stereocenters. The normalized spacial score (nSPS) is 26.9. The number of hydrogen-bond acceptors (Lipinski definition) is 5. The van der Waals surface area contributed by atoms with Gasteiger partial charge in [0.05, 0.1) is 30.1 Å². The third-order valence-electron chi connectivity index (χ3n) is 4.04. The van der Waals surface area contributed by atoms with Gasteiger partial charge in [-0.25, -0.2) is 13.2 Å². The molecular weight excluding hydrogens is 308 g/mol. The molecule has 0 bridgehead atoms. The maximum Gasteiger partial charge on any atom is 0.317 e. The molecule has 126 valence electrons. The molecule has 2 fully saturated rings. The number of nitrogens with zero attached hydrogens (tertiary/aromatic N) is 3. The van der Waals surface area contributed by atoms with Crippen molar-refractivity contribution in [2.24, 2.45) is 0 Å². The Labute approximate surface area is 131 Å². The van der Waals surface area contributed by atoms with Gasteiger partial charge in [-0.1, -0.05) is 0 Å². The average Bonchev–Trinajstić information content (AvgIpc) is 2.71. The van der Waals surface area contributed by atoms with E-state index in [1.807, 2.05) is 6.92 Å². The van der Waals surface area contributed by atoms with Crippen molar-refractivity contribution in [1.82, 2.24) is 20.0 Å². The van der Waals surface area contributed by atoms with Crippen molar-refractivity contribution in [3.05, 3.63) is 0 Å². The van der Waals surface area contributed by atoms with Gasteiger partial charge in [-0.15, -0.1) is 0 Å². The van der Waals surface area contributed by atoms with Gasteiger partial charge in [0.15, 0.2) is 9.84 Å². The van der Waals surface area contributed by atoms with Crippen molar-refractivity contribution in [3.8, 4) is 0 Å². The predicted octanol–water partition coefficient (Wildman–Crippen LogP) is -1.41. The van der Waals surface area contributed by atoms with Crippen LogP contribution < -0.4 is 5.32 Å². The largest absolute Gasteiger partial charge is 0.338 e. The molecule has 2 rings (SSSR count). The number of sulfone groups is 1. The second-order valence-electron chi connectivity index (χ2n) is 6.07. The Morgan fingerprint density at radius 3 is 2.23 bits per heavy atom. The van der Waals surface area contributed by atoms with E-state index in [1.54, 1.807) is 28.8 Å². The highest BCUT2D eigenvalue weighted by atomic mass is 32.2. The molecule has 3 amide bonds. The fourth-order valence-corrected chi connectivity index (χ4v) is 5.11. The quantitative estimate of drug-likeness (QED) is 0.686. The number of fused-ring (bicyclic) bond motifs is 1. The van der Waals surface area contributed by atoms with Gasteiger partial charge in [0.1, 0.15) is 0 Å². The average molecular weight is 332 g/mol. The van der Waals surface area contributed by atoms with Gasteiger partial charge < -0.3 is 20.0 Å². The molecule has 22 heavy (non-hydrogen) atoms. The number of carbonyl (C=O) groups is 2. The number of urea groups is 1. The van der Waals surface area contributed by atoms with Crippen molar-refractivity contribution in [2.75, 3.05) is 51.8 Å². The summed E-state index contributed by atoms with van der Waals surface area (Å²) in [5, 5.41) is 2.71. The zero-order valence-electron chi connectivity index (χ0n) is 13.3. The Bertz CT molecular complexity index is 548. The molecule has 0 aromatic heterocycles. The Kier molecular flexibility index (Phi) is 4.96. The number of carbonyl (C=O) groups excluding carboxylic acids is 2. The van der Waals surface area contributed by atoms with Crippen LogP contribution in [-0.4, -0.2) is 98.9 Å². The fourth-order valence-electron chi connectivity index (χ4n) is 3.13. The van der Waals surface area contributed by atoms with Gasteiger partial charge in [0, 0.05) is 19.6 Å². The summed E-state index contributed by atoms with van der Waals surface area (Å²) in [4.78, 5) is 29.4. The third kappa shape index (κ3) is 3.52. The molecule has 2 aliphatic heterocycles. The number of piperazine rings is 1. The SMILES string of the molecule is CCNC(=O)N1CCN(C(=O)CN(C)C)[C@@H]2CS(=O)(=O)C[C@@H]21. The van der Waals surface area contributed by atoms with Crippen LogP contribution in [0, 0.1) is 0 Å². The first-order valence-electron chi connectivity index (χ1n) is 7.44. The Morgan fingerprint density at radius 1 is 1.14 bits per heavy atom. The molecule has 0 saturated carbocycles. The molecule has 2 saturated heterocycles. The first-order valence-corrected chi connectivity index (χ1v) is 9.26. The standard InChI is InChI=1S/C13H24N4O4S/c1-4-14-13(19)17-6-5-16(12(18)7-15(2)3)10-8-22(20,21)9-11(10)17/h10-11H,4-9H2,1-3H3,(H,14,19)/t10-,11+/m1/s1. The topological polar surface area (TPSA) is 90.0 Å². The fraction of sp³-hybridized carbons (Fsp3) is 0.846. The van der Waals surface area contributed by atoms with Crippen LogP contribution in [0.5, 0.6) is 0 Å². The van der Waals surface area contributed by atoms with Crippen LogP contribution in [0.25, 0.3) is 0 Å². The molecule has 0 aliphatic carbocycles. The second kappa shape index (κ2) is 6.41. The number of likely N-dealkylation sites (N-methyl/N-ethyl adjacent to an activating group) is 1. The molecule has 1 N–H and O–H groups in total. The van der Waals surface area contributed by atoms with E-state index < -0.39 is 21.9 Å². The molecule has 0 radical (unpaired) electrons. The summed E-state index contributed by atoms with van der Waals surface area (Å²) in [6.45, 7) is 3.28. The first kappa shape index (κ1) is 17.0. The van der Waals surface area contributed by atoms with E-state index in [-0.39, 0.29) is 30.0 Å². The predicted molar refractivity (Wildman–Crippen MR) is 82.3 cm³/mol. The molecule has 0 spiro atoms. The van der Waals surface area contributed by atoms with E-state index in [9.17, 15) is 18.0 Å². The highest BCUT2D eigenvalue weighted by Crippen LogP contribution is 2.27. The maximum atomic E-state index is 12.3. The van der Waals surface area contributed by atoms with Crippen molar-refractivity contribution in [2.45, 2.75) is 19.0 Å². The van der Waals surface area contributed by atoms with Crippen LogP contribution in [-0.2, 0) is 14.6 Å². The van der Waals surface area contributed by atoms with E-state index in [0.717, 1.165) is 0 Å². The molecule has 2 atom stereocenters. The van der Waals surface area contributed by atoms with Gasteiger partial charge in [0.25, 0.3) is 0 Å². The van der Waals surface area contributed by atoms with Crippen molar-refractivity contribution < 1.29 is 18.0 Å². The van der Waals surface area contributed by atoms with Gasteiger partial charge in [-0.05, 0) is 21.0 Å². The summed E-state index contributed by atoms with van der Waals surface area (Å²) in [6, 6.07) is -1.14. The van der Waals surface area contributed by atoms with Crippen LogP contribution in [0.3, 0.4) is 0 Å². The molecule has 2 heterocycles. The number of nitrogens with one attached hydrogen (secondary N) is 1. The first-order chi connectivity index (χ1) is 10.2. The highest BCUT2D eigenvalue weighted by molar-refractivity contribution is 7.91. The summed E-state index contributed by atoms with van der Waals surface area (Å²) < 4.78 is 24.0. The maximum absolute atomic E-state index is 12.3. The summed E-state index contributed by atoms with van der Waals surface area (Å²) in [7, 11) is 0.360. The van der Waals surface area contributed by atoms with Gasteiger partial charge in [-0.3, -0.25) is 4.79 Å². The molecule has 2 aliphatic rings. The molecule has 0 aromatic carbocycles. The van der Waals surface area contributed by atoms with Gasteiger partial charge >= 0.3 is 6.03 Å². The summed E-state index contributed by atoms with van der Waals surface area (Å²) in [5.41, 5.74) is 0. The third-order valence-corrected chi connectivity index (χ3v) is 5.74. The Hall–Kier alpha value is -1.35. The zero-order chi connectivity index (χ0) is 16.5. The zero-order valence-corrected chi connectivity index (χ0v) is 14.1. The smallest absolute Gasteiger partial charge is 0.317 e. The Balaban J connectivity index is 2.20. The lowest BCUT2D eigenvalue weighted by atomic mass is 10.0. The summed E-state index contributed by atoms with van der Waals surface area (Å²) in [5.74, 6) is -0.222. The lowest BCUT2D eigenvalue weighted by molar-refractivity contribution is -0.136. The van der Waals surface area contributed by atoms with Gasteiger partial charge in [0.2, 0.25) is 5.91 Å². The highest BCUT2D eigenvalue weighted by Gasteiger charge is 2.49. The van der Waals surface area contributed by atoms with Crippen LogP contribution in [0.2, 0.25) is 0 Å². The van der Waals surface area contributed by atoms with Crippen LogP contribution >= 0.6 is 0 Å². The Morgan fingerprint density at radius 2 is 1.68 bits per heavy atom. The lowest BCUT2D eigenvalue weighted by Gasteiger charge is -2.44. The van der Waals surface area contributed by atoms with E-state index in [4.69, 9.17) is 0 Å². The van der Waals surface area contributed by atoms with E-state index in [1.165, 1.54) is 0 Å². The molecule has 8 nitrogen and oxygen atoms in total. The minimum absolute atomic E-state index is 0.0628. The second-order valence-corrected chi connectivity index (χ2v) is 8.22. The van der Waals surface area contributed by atoms with E-state index in [2.05, 4.69) is 5.32 Å². The van der Waals surface area contributed by atoms with Crippen LogP contribution in [0.15, 0.2) is 0 Å². The number of amides is 3. The molecule has 0 aromatic rings. The molecule has 9 heteroatoms. The molecular formula is C13H24N4O4S. The lowest BCUT2D eigenvalue weighted by Crippen LogP contribution is -2.64. The van der Waals surface area contributed by atoms with Gasteiger partial charge in [-0.2, -0.15) is 0 Å². The van der Waals surface area contributed by atoms with Crippen molar-refractivity contribution >= 4 is 21.8 Å². The number of rotatable bonds is 3. The monoisotopic (exact) mass is 332 g/mol. The van der Waals surface area contributed by atoms with E-state index >= 15 is 0 Å². The van der Waals surface area contributed by atoms with Crippen molar-refractivity contribution in [3.63, 3.8) is 0 Å². The van der Waals surface area contributed by atoms with Crippen LogP contribution in [0.4, 0.5) is 4.79 Å². The van der Waals surface area contributed by atoms with Crippen molar-refractivity contribution in [1.29, 1.82) is 0 Å². The number of hydrogen-bond donors (Lipinski definition) is 1. The summed E-state index contributed by atoms with van der Waals surface area (Å²) >= 11 is 0. The van der Waals surface area contributed by atoms with E-state index in [0.29, 0.717) is 19.6 Å². The summed E-state index contributed by atoms with van der Waals surface area (Å²) in [6.07, 6.45) is 0. The minimum Gasteiger partial charge on any atom is -0.338 e. The van der Waals surface area contributed by atoms with Crippen LogP contribution in [0.1, 0.15) is 6.92 Å². The minimum atomic E-state index is -3.23.